The second-order valence-corrected chi connectivity index (χ2v) is 11.5. The van der Waals surface area contributed by atoms with Crippen molar-refractivity contribution in [3.63, 3.8) is 0 Å². The molecule has 3 saturated carbocycles. The van der Waals surface area contributed by atoms with Gasteiger partial charge in [-0.1, -0.05) is 12.1 Å². The first-order valence-corrected chi connectivity index (χ1v) is 12.6. The smallest absolute Gasteiger partial charge is 0.372 e. The van der Waals surface area contributed by atoms with E-state index in [1.165, 1.54) is 12.8 Å². The number of carbonyl (C=O) groups is 1. The van der Waals surface area contributed by atoms with Crippen LogP contribution in [0.5, 0.6) is 0 Å². The van der Waals surface area contributed by atoms with Gasteiger partial charge in [-0.3, -0.25) is 0 Å². The summed E-state index contributed by atoms with van der Waals surface area (Å²) in [5.74, 6) is 3.31. The van der Waals surface area contributed by atoms with E-state index < -0.39 is 11.7 Å². The fraction of sp³-hybridized carbons (Fsp3) is 0.640. The molecule has 7 nitrogen and oxygen atoms in total. The molecule has 3 heterocycles. The van der Waals surface area contributed by atoms with E-state index in [2.05, 4.69) is 20.5 Å². The van der Waals surface area contributed by atoms with E-state index in [4.69, 9.17) is 0 Å². The standard InChI is InChI=1S/C25H29F3N6O/c26-25(27,28)24(7-8-24)30-19-5-3-15(4-6-19)18-11-33(12-18)22(35)34-13-23(14-34)9-17(10-23)21-29-20(31-32-21)16-1-2-16/h3-6,16-18,30H,1-2,7-14H2,(H,29,31,32). The van der Waals surface area contributed by atoms with Crippen molar-refractivity contribution in [1.82, 2.24) is 25.0 Å². The molecule has 0 bridgehead atoms. The molecular formula is C25H29F3N6O. The van der Waals surface area contributed by atoms with Crippen molar-refractivity contribution in [2.75, 3.05) is 31.5 Å². The van der Waals surface area contributed by atoms with Gasteiger partial charge in [-0.2, -0.15) is 13.2 Å². The van der Waals surface area contributed by atoms with Crippen LogP contribution in [-0.4, -0.2) is 68.9 Å². The summed E-state index contributed by atoms with van der Waals surface area (Å²) in [5.41, 5.74) is 0.0537. The molecule has 1 spiro atoms. The first-order chi connectivity index (χ1) is 16.7. The molecular weight excluding hydrogens is 457 g/mol. The number of carbonyl (C=O) groups excluding carboxylic acids is 1. The Morgan fingerprint density at radius 1 is 0.943 bits per heavy atom. The van der Waals surface area contributed by atoms with Crippen LogP contribution in [0.15, 0.2) is 24.3 Å². The number of halogens is 3. The van der Waals surface area contributed by atoms with Crippen molar-refractivity contribution >= 4 is 11.7 Å². The largest absolute Gasteiger partial charge is 0.411 e. The molecule has 0 radical (unpaired) electrons. The number of likely N-dealkylation sites (tertiary alicyclic amines) is 2. The number of nitrogens with zero attached hydrogens (tertiary/aromatic N) is 4. The maximum atomic E-state index is 13.2. The number of hydrogen-bond acceptors (Lipinski definition) is 4. The molecule has 5 aliphatic rings. The highest BCUT2D eigenvalue weighted by molar-refractivity contribution is 5.77. The number of alkyl halides is 3. The Hall–Kier alpha value is -2.78. The van der Waals surface area contributed by atoms with Gasteiger partial charge in [0.25, 0.3) is 0 Å². The van der Waals surface area contributed by atoms with Crippen LogP contribution in [0.25, 0.3) is 0 Å². The third kappa shape index (κ3) is 3.59. The molecule has 10 heteroatoms. The summed E-state index contributed by atoms with van der Waals surface area (Å²) in [7, 11) is 0. The zero-order valence-electron chi connectivity index (χ0n) is 19.4. The van der Waals surface area contributed by atoms with Crippen molar-refractivity contribution in [3.8, 4) is 0 Å². The number of rotatable bonds is 5. The second kappa shape index (κ2) is 7.13. The fourth-order valence-electron chi connectivity index (χ4n) is 6.11. The van der Waals surface area contributed by atoms with Crippen LogP contribution in [0.1, 0.15) is 73.5 Å². The topological polar surface area (TPSA) is 77.2 Å². The monoisotopic (exact) mass is 486 g/mol. The third-order valence-electron chi connectivity index (χ3n) is 8.76. The summed E-state index contributed by atoms with van der Waals surface area (Å²) in [4.78, 5) is 20.1. The number of amides is 2. The molecule has 3 aliphatic carbocycles. The Morgan fingerprint density at radius 2 is 1.57 bits per heavy atom. The van der Waals surface area contributed by atoms with Crippen LogP contribution < -0.4 is 5.32 Å². The molecule has 1 aromatic carbocycles. The summed E-state index contributed by atoms with van der Waals surface area (Å²) < 4.78 is 39.5. The summed E-state index contributed by atoms with van der Waals surface area (Å²) in [5, 5.41) is 11.3. The molecule has 35 heavy (non-hydrogen) atoms. The molecule has 2 amide bonds. The SMILES string of the molecule is O=C(N1CC(c2ccc(NC3(C(F)(F)F)CC3)cc2)C1)N1CC2(CC(c3nnc(C4CC4)[nH]3)C2)C1. The van der Waals surface area contributed by atoms with Crippen LogP contribution >= 0.6 is 0 Å². The summed E-state index contributed by atoms with van der Waals surface area (Å²) in [6.45, 7) is 2.95. The van der Waals surface area contributed by atoms with Crippen LogP contribution in [0.4, 0.5) is 23.7 Å². The van der Waals surface area contributed by atoms with Gasteiger partial charge in [-0.25, -0.2) is 4.79 Å². The Labute approximate surface area is 201 Å². The Kier molecular flexibility index (Phi) is 4.38. The number of aromatic amines is 1. The lowest BCUT2D eigenvalue weighted by molar-refractivity contribution is -0.151. The summed E-state index contributed by atoms with van der Waals surface area (Å²) in [6, 6.07) is 7.31. The lowest BCUT2D eigenvalue weighted by Gasteiger charge is -2.59. The zero-order valence-corrected chi connectivity index (χ0v) is 19.4. The minimum absolute atomic E-state index is 0.102. The van der Waals surface area contributed by atoms with E-state index in [-0.39, 0.29) is 30.2 Å². The first-order valence-electron chi connectivity index (χ1n) is 12.6. The number of nitrogens with one attached hydrogen (secondary N) is 2. The third-order valence-corrected chi connectivity index (χ3v) is 8.76. The predicted molar refractivity (Wildman–Crippen MR) is 122 cm³/mol. The van der Waals surface area contributed by atoms with E-state index in [9.17, 15) is 18.0 Å². The van der Waals surface area contributed by atoms with Crippen molar-refractivity contribution < 1.29 is 18.0 Å². The number of anilines is 1. The van der Waals surface area contributed by atoms with Gasteiger partial charge in [0.1, 0.15) is 17.2 Å². The van der Waals surface area contributed by atoms with Gasteiger partial charge in [0, 0.05) is 55.0 Å². The average Bonchev–Trinajstić information content (AvgIpc) is 3.65. The molecule has 2 aliphatic heterocycles. The zero-order chi connectivity index (χ0) is 24.0. The van der Waals surface area contributed by atoms with Gasteiger partial charge in [0.05, 0.1) is 0 Å². The van der Waals surface area contributed by atoms with Gasteiger partial charge in [0.15, 0.2) is 0 Å². The molecule has 0 atom stereocenters. The van der Waals surface area contributed by atoms with Crippen LogP contribution in [-0.2, 0) is 0 Å². The lowest BCUT2D eigenvalue weighted by Crippen LogP contribution is -2.67. The van der Waals surface area contributed by atoms with Crippen molar-refractivity contribution in [1.29, 1.82) is 0 Å². The average molecular weight is 487 g/mol. The van der Waals surface area contributed by atoms with E-state index in [1.54, 1.807) is 12.1 Å². The Morgan fingerprint density at radius 3 is 2.14 bits per heavy atom. The minimum atomic E-state index is -4.23. The Bertz CT molecular complexity index is 1130. The first kappa shape index (κ1) is 21.5. The number of urea groups is 1. The van der Waals surface area contributed by atoms with Gasteiger partial charge >= 0.3 is 12.2 Å². The van der Waals surface area contributed by atoms with Crippen LogP contribution in [0.3, 0.4) is 0 Å². The van der Waals surface area contributed by atoms with Gasteiger partial charge in [0.2, 0.25) is 0 Å². The van der Waals surface area contributed by atoms with E-state index in [0.29, 0.717) is 30.6 Å². The van der Waals surface area contributed by atoms with Gasteiger partial charge < -0.3 is 20.1 Å². The van der Waals surface area contributed by atoms with E-state index >= 15 is 0 Å². The molecule has 186 valence electrons. The quantitative estimate of drug-likeness (QED) is 0.648. The van der Waals surface area contributed by atoms with E-state index in [1.807, 2.05) is 21.9 Å². The highest BCUT2D eigenvalue weighted by Gasteiger charge is 2.63. The minimum Gasteiger partial charge on any atom is -0.372 e. The molecule has 2 saturated heterocycles. The molecule has 2 N–H and O–H groups in total. The fourth-order valence-corrected chi connectivity index (χ4v) is 6.11. The predicted octanol–water partition coefficient (Wildman–Crippen LogP) is 4.59. The van der Waals surface area contributed by atoms with Gasteiger partial charge in [-0.05, 0) is 56.2 Å². The van der Waals surface area contributed by atoms with Crippen molar-refractivity contribution in [2.24, 2.45) is 5.41 Å². The normalized spacial score (nSPS) is 25.1. The number of hydrogen-bond donors (Lipinski definition) is 2. The molecule has 7 rings (SSSR count). The maximum absolute atomic E-state index is 13.2. The van der Waals surface area contributed by atoms with Crippen LogP contribution in [0, 0.1) is 5.41 Å². The maximum Gasteiger partial charge on any atom is 0.411 e. The molecule has 0 unspecified atom stereocenters. The Balaban J connectivity index is 0.872. The van der Waals surface area contributed by atoms with Crippen molar-refractivity contribution in [3.05, 3.63) is 41.5 Å². The van der Waals surface area contributed by atoms with Crippen LogP contribution in [0.2, 0.25) is 0 Å². The van der Waals surface area contributed by atoms with Crippen molar-refractivity contribution in [2.45, 2.75) is 68.0 Å². The lowest BCUT2D eigenvalue weighted by atomic mass is 9.57. The highest BCUT2D eigenvalue weighted by Crippen LogP contribution is 2.56. The molecule has 2 aromatic rings. The second-order valence-electron chi connectivity index (χ2n) is 11.5. The number of aromatic nitrogens is 3. The number of benzene rings is 1. The van der Waals surface area contributed by atoms with E-state index in [0.717, 1.165) is 43.1 Å². The molecule has 5 fully saturated rings. The highest BCUT2D eigenvalue weighted by atomic mass is 19.4. The molecule has 1 aromatic heterocycles. The van der Waals surface area contributed by atoms with Gasteiger partial charge in [-0.15, -0.1) is 10.2 Å². The number of H-pyrrole nitrogens is 1. The summed E-state index contributed by atoms with van der Waals surface area (Å²) in [6.07, 6.45) is 0.566. The summed E-state index contributed by atoms with van der Waals surface area (Å²) >= 11 is 0.